The molecule has 0 aromatic heterocycles. The number of hydrogen-bond acceptors (Lipinski definition) is 2. The monoisotopic (exact) mass is 344 g/mol. The van der Waals surface area contributed by atoms with E-state index in [0.717, 1.165) is 28.0 Å². The van der Waals surface area contributed by atoms with Gasteiger partial charge in [-0.15, -0.1) is 11.6 Å². The normalized spacial score (nSPS) is 15.5. The maximum Gasteiger partial charge on any atom is 0.175 e. The molecule has 0 spiro atoms. The number of alkyl halides is 1. The van der Waals surface area contributed by atoms with Crippen molar-refractivity contribution >= 4 is 33.6 Å². The highest BCUT2D eigenvalue weighted by Gasteiger charge is 2.15. The summed E-state index contributed by atoms with van der Waals surface area (Å²) in [6.07, 6.45) is 3.03. The van der Waals surface area contributed by atoms with Crippen LogP contribution in [0.2, 0.25) is 0 Å². The van der Waals surface area contributed by atoms with Crippen molar-refractivity contribution in [3.8, 4) is 11.5 Å². The second kappa shape index (κ2) is 6.67. The van der Waals surface area contributed by atoms with Crippen molar-refractivity contribution in [2.24, 2.45) is 5.92 Å². The molecule has 1 aliphatic heterocycles. The zero-order chi connectivity index (χ0) is 13.8. The van der Waals surface area contributed by atoms with Crippen molar-refractivity contribution in [2.75, 3.05) is 19.1 Å². The molecule has 4 heteroatoms. The van der Waals surface area contributed by atoms with Crippen molar-refractivity contribution in [1.82, 2.24) is 0 Å². The summed E-state index contributed by atoms with van der Waals surface area (Å²) < 4.78 is 12.3. The van der Waals surface area contributed by atoms with Crippen molar-refractivity contribution in [1.29, 1.82) is 0 Å². The highest BCUT2D eigenvalue weighted by Crippen LogP contribution is 2.38. The first-order valence-corrected chi connectivity index (χ1v) is 7.80. The molecule has 0 aliphatic carbocycles. The van der Waals surface area contributed by atoms with Gasteiger partial charge in [0.25, 0.3) is 0 Å². The van der Waals surface area contributed by atoms with Crippen LogP contribution in [-0.2, 0) is 0 Å². The first kappa shape index (κ1) is 14.7. The number of halogens is 2. The summed E-state index contributed by atoms with van der Waals surface area (Å²) in [5.74, 6) is 2.58. The third kappa shape index (κ3) is 3.67. The minimum absolute atomic E-state index is 0.437. The van der Waals surface area contributed by atoms with Crippen molar-refractivity contribution in [3.63, 3.8) is 0 Å². The van der Waals surface area contributed by atoms with Gasteiger partial charge in [-0.25, -0.2) is 0 Å². The van der Waals surface area contributed by atoms with Crippen LogP contribution in [0.5, 0.6) is 11.5 Å². The lowest BCUT2D eigenvalue weighted by atomic mass is 10.0. The van der Waals surface area contributed by atoms with Crippen LogP contribution in [0.15, 0.2) is 22.2 Å². The maximum atomic E-state index is 5.99. The van der Waals surface area contributed by atoms with E-state index in [2.05, 4.69) is 35.9 Å². The molecule has 1 aromatic carbocycles. The smallest absolute Gasteiger partial charge is 0.175 e. The second-order valence-electron chi connectivity index (χ2n) is 4.89. The molecule has 1 heterocycles. The number of ether oxygens (including phenoxy) is 2. The van der Waals surface area contributed by atoms with E-state index in [4.69, 9.17) is 21.1 Å². The lowest BCUT2D eigenvalue weighted by Crippen LogP contribution is -1.97. The summed E-state index contributed by atoms with van der Waals surface area (Å²) in [5, 5.41) is 0. The van der Waals surface area contributed by atoms with Gasteiger partial charge in [-0.3, -0.25) is 0 Å². The molecule has 0 saturated heterocycles. The Morgan fingerprint density at radius 1 is 1.37 bits per heavy atom. The van der Waals surface area contributed by atoms with Crippen molar-refractivity contribution < 1.29 is 9.47 Å². The molecule has 0 bridgehead atoms. The van der Waals surface area contributed by atoms with E-state index in [1.54, 1.807) is 0 Å². The third-order valence-corrected chi connectivity index (χ3v) is 3.97. The molecule has 2 rings (SSSR count). The molecule has 0 atom stereocenters. The predicted octanol–water partition coefficient (Wildman–Crippen LogP) is 4.89. The zero-order valence-electron chi connectivity index (χ0n) is 11.2. The quantitative estimate of drug-likeness (QED) is 0.726. The first-order chi connectivity index (χ1) is 9.11. The van der Waals surface area contributed by atoms with Gasteiger partial charge in [-0.2, -0.15) is 0 Å². The molecule has 1 aliphatic rings. The summed E-state index contributed by atoms with van der Waals surface area (Å²) in [6, 6.07) is 4.06. The number of allylic oxidation sites excluding steroid dienone is 1. The molecular formula is C15H18BrClO2. The Morgan fingerprint density at radius 3 is 2.79 bits per heavy atom. The molecule has 0 saturated carbocycles. The fraction of sp³-hybridized carbons (Fsp3) is 0.467. The lowest BCUT2D eigenvalue weighted by molar-refractivity contribution is 0.296. The van der Waals surface area contributed by atoms with Crippen LogP contribution in [0.1, 0.15) is 25.8 Å². The molecular weight excluding hydrogens is 328 g/mol. The van der Waals surface area contributed by atoms with Crippen LogP contribution in [0.4, 0.5) is 0 Å². The van der Waals surface area contributed by atoms with Crippen LogP contribution < -0.4 is 9.47 Å². The summed E-state index contributed by atoms with van der Waals surface area (Å²) in [6.45, 7) is 5.68. The molecule has 2 nitrogen and oxygen atoms in total. The average Bonchev–Trinajstić information content (AvgIpc) is 2.61. The van der Waals surface area contributed by atoms with Gasteiger partial charge in [0.2, 0.25) is 0 Å². The van der Waals surface area contributed by atoms with E-state index < -0.39 is 0 Å². The van der Waals surface area contributed by atoms with Gasteiger partial charge in [0.15, 0.2) is 11.5 Å². The van der Waals surface area contributed by atoms with Crippen molar-refractivity contribution in [3.05, 3.63) is 27.7 Å². The number of hydrogen-bond donors (Lipinski definition) is 0. The molecule has 0 fully saturated rings. The third-order valence-electron chi connectivity index (χ3n) is 3.07. The highest BCUT2D eigenvalue weighted by atomic mass is 79.9. The molecule has 1 aromatic rings. The topological polar surface area (TPSA) is 18.5 Å². The van der Waals surface area contributed by atoms with Gasteiger partial charge in [-0.1, -0.05) is 25.5 Å². The van der Waals surface area contributed by atoms with Gasteiger partial charge >= 0.3 is 0 Å². The molecule has 0 unspecified atom stereocenters. The zero-order valence-corrected chi connectivity index (χ0v) is 13.6. The first-order valence-electron chi connectivity index (χ1n) is 6.47. The van der Waals surface area contributed by atoms with E-state index in [1.807, 2.05) is 12.1 Å². The summed E-state index contributed by atoms with van der Waals surface area (Å²) in [5.41, 5.74) is 2.29. The highest BCUT2D eigenvalue weighted by molar-refractivity contribution is 9.10. The lowest BCUT2D eigenvalue weighted by Gasteiger charge is -2.12. The minimum Gasteiger partial charge on any atom is -0.489 e. The van der Waals surface area contributed by atoms with Gasteiger partial charge in [0, 0.05) is 12.3 Å². The van der Waals surface area contributed by atoms with Crippen LogP contribution in [-0.4, -0.2) is 19.1 Å². The Morgan fingerprint density at radius 2 is 2.11 bits per heavy atom. The van der Waals surface area contributed by atoms with Crippen LogP contribution in [0.25, 0.3) is 6.08 Å². The number of fused-ring (bicyclic) bond motifs is 1. The Hall–Kier alpha value is -0.670. The van der Waals surface area contributed by atoms with Crippen LogP contribution in [0, 0.1) is 5.92 Å². The van der Waals surface area contributed by atoms with Crippen LogP contribution in [0.3, 0.4) is 0 Å². The molecule has 0 radical (unpaired) electrons. The molecule has 0 amide bonds. The SMILES string of the molecule is CC(C)C(=Cc1cc(Br)c2c(c1)OCCCO2)CCl. The fourth-order valence-corrected chi connectivity index (χ4v) is 2.87. The van der Waals surface area contributed by atoms with Gasteiger partial charge in [0.05, 0.1) is 17.7 Å². The second-order valence-corrected chi connectivity index (χ2v) is 6.01. The minimum atomic E-state index is 0.437. The van der Waals surface area contributed by atoms with E-state index in [-0.39, 0.29) is 0 Å². The maximum absolute atomic E-state index is 5.99. The average molecular weight is 346 g/mol. The summed E-state index contributed by atoms with van der Waals surface area (Å²) in [4.78, 5) is 0. The van der Waals surface area contributed by atoms with Gasteiger partial charge in [0.1, 0.15) is 0 Å². The summed E-state index contributed by atoms with van der Waals surface area (Å²) >= 11 is 9.53. The Labute approximate surface area is 127 Å². The molecule has 0 N–H and O–H groups in total. The number of rotatable bonds is 3. The Bertz CT molecular complexity index is 483. The van der Waals surface area contributed by atoms with Crippen molar-refractivity contribution in [2.45, 2.75) is 20.3 Å². The Balaban J connectivity index is 2.38. The standard InChI is InChI=1S/C15H18BrClO2/c1-10(2)12(9-17)6-11-7-13(16)15-14(8-11)18-4-3-5-19-15/h6-8,10H,3-5,9H2,1-2H3. The summed E-state index contributed by atoms with van der Waals surface area (Å²) in [7, 11) is 0. The van der Waals surface area contributed by atoms with E-state index in [0.29, 0.717) is 25.0 Å². The predicted molar refractivity (Wildman–Crippen MR) is 83.3 cm³/mol. The van der Waals surface area contributed by atoms with Crippen LogP contribution >= 0.6 is 27.5 Å². The van der Waals surface area contributed by atoms with E-state index in [1.165, 1.54) is 5.57 Å². The van der Waals surface area contributed by atoms with E-state index >= 15 is 0 Å². The molecule has 104 valence electrons. The van der Waals surface area contributed by atoms with Gasteiger partial charge < -0.3 is 9.47 Å². The largest absolute Gasteiger partial charge is 0.489 e. The molecule has 19 heavy (non-hydrogen) atoms. The van der Waals surface area contributed by atoms with E-state index in [9.17, 15) is 0 Å². The fourth-order valence-electron chi connectivity index (χ4n) is 1.91. The Kier molecular flexibility index (Phi) is 5.17. The van der Waals surface area contributed by atoms with Gasteiger partial charge in [-0.05, 0) is 39.5 Å². The number of benzene rings is 1.